The lowest BCUT2D eigenvalue weighted by Gasteiger charge is -2.10. The Labute approximate surface area is 117 Å². The number of aromatic nitrogens is 1. The summed E-state index contributed by atoms with van der Waals surface area (Å²) < 4.78 is 10.9. The summed E-state index contributed by atoms with van der Waals surface area (Å²) in [4.78, 5) is 4.44. The fraction of sp³-hybridized carbons (Fsp3) is 0.188. The minimum atomic E-state index is -0.168. The van der Waals surface area contributed by atoms with Gasteiger partial charge in [0.15, 0.2) is 11.5 Å². The first kappa shape index (κ1) is 12.7. The van der Waals surface area contributed by atoms with Crippen molar-refractivity contribution in [3.63, 3.8) is 0 Å². The predicted octanol–water partition coefficient (Wildman–Crippen LogP) is 3.08. The summed E-state index contributed by atoms with van der Waals surface area (Å²) in [7, 11) is 1.64. The van der Waals surface area contributed by atoms with Crippen molar-refractivity contribution in [2.24, 2.45) is 5.73 Å². The van der Waals surface area contributed by atoms with Crippen molar-refractivity contribution < 1.29 is 9.15 Å². The third-order valence-corrected chi connectivity index (χ3v) is 3.25. The number of para-hydroxylation sites is 2. The highest BCUT2D eigenvalue weighted by Crippen LogP contribution is 2.22. The molecule has 4 nitrogen and oxygen atoms in total. The maximum atomic E-state index is 6.22. The summed E-state index contributed by atoms with van der Waals surface area (Å²) in [6.45, 7) is 0. The second-order valence-corrected chi connectivity index (χ2v) is 4.66. The fourth-order valence-corrected chi connectivity index (χ4v) is 2.19. The van der Waals surface area contributed by atoms with Gasteiger partial charge in [0.1, 0.15) is 11.3 Å². The van der Waals surface area contributed by atoms with Crippen LogP contribution in [0.3, 0.4) is 0 Å². The maximum absolute atomic E-state index is 6.22. The van der Waals surface area contributed by atoms with Gasteiger partial charge in [-0.2, -0.15) is 0 Å². The Morgan fingerprint density at radius 1 is 1.20 bits per heavy atom. The average molecular weight is 268 g/mol. The second-order valence-electron chi connectivity index (χ2n) is 4.66. The highest BCUT2D eigenvalue weighted by Gasteiger charge is 2.12. The highest BCUT2D eigenvalue weighted by molar-refractivity contribution is 5.72. The molecular weight excluding hydrogens is 252 g/mol. The van der Waals surface area contributed by atoms with E-state index in [-0.39, 0.29) is 6.04 Å². The van der Waals surface area contributed by atoms with Crippen LogP contribution in [-0.4, -0.2) is 12.1 Å². The van der Waals surface area contributed by atoms with E-state index in [1.807, 2.05) is 48.5 Å². The van der Waals surface area contributed by atoms with Crippen molar-refractivity contribution in [3.05, 3.63) is 60.0 Å². The Morgan fingerprint density at radius 3 is 2.85 bits per heavy atom. The predicted molar refractivity (Wildman–Crippen MR) is 77.6 cm³/mol. The zero-order valence-corrected chi connectivity index (χ0v) is 11.2. The standard InChI is InChI=1S/C16H16N2O2/c1-19-12-6-4-5-11(9-12)13(17)10-16-18-14-7-2-3-8-15(14)20-16/h2-9,13H,10,17H2,1H3. The molecule has 0 saturated heterocycles. The molecule has 1 unspecified atom stereocenters. The highest BCUT2D eigenvalue weighted by atomic mass is 16.5. The van der Waals surface area contributed by atoms with Gasteiger partial charge in [-0.05, 0) is 29.8 Å². The molecule has 3 aromatic rings. The Kier molecular flexibility index (Phi) is 3.39. The van der Waals surface area contributed by atoms with Gasteiger partial charge in [-0.15, -0.1) is 0 Å². The number of nitrogens with zero attached hydrogens (tertiary/aromatic N) is 1. The van der Waals surface area contributed by atoms with Crippen LogP contribution in [0.4, 0.5) is 0 Å². The number of hydrogen-bond donors (Lipinski definition) is 1. The van der Waals surface area contributed by atoms with Gasteiger partial charge in [0, 0.05) is 12.5 Å². The zero-order valence-electron chi connectivity index (χ0n) is 11.2. The first-order chi connectivity index (χ1) is 9.76. The van der Waals surface area contributed by atoms with Gasteiger partial charge in [-0.25, -0.2) is 4.98 Å². The molecule has 1 heterocycles. The van der Waals surface area contributed by atoms with Crippen molar-refractivity contribution in [3.8, 4) is 5.75 Å². The number of ether oxygens (including phenoxy) is 1. The van der Waals surface area contributed by atoms with Crippen molar-refractivity contribution in [2.75, 3.05) is 7.11 Å². The van der Waals surface area contributed by atoms with Crippen LogP contribution >= 0.6 is 0 Å². The van der Waals surface area contributed by atoms with Gasteiger partial charge in [0.25, 0.3) is 0 Å². The molecule has 4 heteroatoms. The number of fused-ring (bicyclic) bond motifs is 1. The molecule has 0 fully saturated rings. The van der Waals surface area contributed by atoms with E-state index in [0.29, 0.717) is 12.3 Å². The lowest BCUT2D eigenvalue weighted by Crippen LogP contribution is -2.13. The van der Waals surface area contributed by atoms with Crippen LogP contribution in [0.1, 0.15) is 17.5 Å². The normalized spacial score (nSPS) is 12.5. The Balaban J connectivity index is 1.82. The summed E-state index contributed by atoms with van der Waals surface area (Å²) >= 11 is 0. The van der Waals surface area contributed by atoms with E-state index in [2.05, 4.69) is 4.98 Å². The van der Waals surface area contributed by atoms with E-state index in [4.69, 9.17) is 14.9 Å². The average Bonchev–Trinajstić information content (AvgIpc) is 2.89. The zero-order chi connectivity index (χ0) is 13.9. The number of hydrogen-bond acceptors (Lipinski definition) is 4. The molecule has 102 valence electrons. The molecule has 0 aliphatic heterocycles. The molecule has 0 bridgehead atoms. The molecule has 1 aromatic heterocycles. The lowest BCUT2D eigenvalue weighted by atomic mass is 10.0. The molecule has 0 amide bonds. The summed E-state index contributed by atoms with van der Waals surface area (Å²) in [5.74, 6) is 1.46. The molecule has 0 saturated carbocycles. The molecule has 0 aliphatic carbocycles. The van der Waals surface area contributed by atoms with E-state index in [0.717, 1.165) is 22.4 Å². The number of benzene rings is 2. The summed E-state index contributed by atoms with van der Waals surface area (Å²) in [6, 6.07) is 15.3. The van der Waals surface area contributed by atoms with E-state index in [9.17, 15) is 0 Å². The van der Waals surface area contributed by atoms with Gasteiger partial charge < -0.3 is 14.9 Å². The summed E-state index contributed by atoms with van der Waals surface area (Å²) in [5, 5.41) is 0. The third-order valence-electron chi connectivity index (χ3n) is 3.25. The third kappa shape index (κ3) is 2.51. The van der Waals surface area contributed by atoms with Crippen LogP contribution in [0.25, 0.3) is 11.1 Å². The van der Waals surface area contributed by atoms with Gasteiger partial charge in [-0.1, -0.05) is 24.3 Å². The Hall–Kier alpha value is -2.33. The molecule has 2 aromatic carbocycles. The molecule has 0 spiro atoms. The first-order valence-corrected chi connectivity index (χ1v) is 6.50. The minimum Gasteiger partial charge on any atom is -0.497 e. The van der Waals surface area contributed by atoms with E-state index < -0.39 is 0 Å². The van der Waals surface area contributed by atoms with E-state index >= 15 is 0 Å². The molecule has 2 N–H and O–H groups in total. The Morgan fingerprint density at radius 2 is 2.05 bits per heavy atom. The van der Waals surface area contributed by atoms with Gasteiger partial charge in [0.05, 0.1) is 7.11 Å². The topological polar surface area (TPSA) is 61.3 Å². The van der Waals surface area contributed by atoms with Crippen LogP contribution in [0.15, 0.2) is 52.9 Å². The summed E-state index contributed by atoms with van der Waals surface area (Å²) in [5.41, 5.74) is 8.88. The SMILES string of the molecule is COc1cccc(C(N)Cc2nc3ccccc3o2)c1. The van der Waals surface area contributed by atoms with Crippen LogP contribution in [0, 0.1) is 0 Å². The molecule has 0 radical (unpaired) electrons. The van der Waals surface area contributed by atoms with Gasteiger partial charge >= 0.3 is 0 Å². The minimum absolute atomic E-state index is 0.168. The number of methoxy groups -OCH3 is 1. The molecule has 0 aliphatic rings. The maximum Gasteiger partial charge on any atom is 0.197 e. The van der Waals surface area contributed by atoms with Crippen molar-refractivity contribution in [1.29, 1.82) is 0 Å². The summed E-state index contributed by atoms with van der Waals surface area (Å²) in [6.07, 6.45) is 0.557. The van der Waals surface area contributed by atoms with Crippen LogP contribution in [-0.2, 0) is 6.42 Å². The largest absolute Gasteiger partial charge is 0.497 e. The monoisotopic (exact) mass is 268 g/mol. The van der Waals surface area contributed by atoms with Gasteiger partial charge in [0.2, 0.25) is 0 Å². The molecule has 3 rings (SSSR count). The number of rotatable bonds is 4. The van der Waals surface area contributed by atoms with Crippen LogP contribution < -0.4 is 10.5 Å². The molecule has 1 atom stereocenters. The van der Waals surface area contributed by atoms with Crippen molar-refractivity contribution in [2.45, 2.75) is 12.5 Å². The fourth-order valence-electron chi connectivity index (χ4n) is 2.19. The van der Waals surface area contributed by atoms with E-state index in [1.165, 1.54) is 0 Å². The number of oxazole rings is 1. The smallest absolute Gasteiger partial charge is 0.197 e. The molecule has 20 heavy (non-hydrogen) atoms. The Bertz CT molecular complexity index is 688. The molecular formula is C16H16N2O2. The first-order valence-electron chi connectivity index (χ1n) is 6.50. The lowest BCUT2D eigenvalue weighted by molar-refractivity contribution is 0.413. The van der Waals surface area contributed by atoms with Crippen LogP contribution in [0.2, 0.25) is 0 Å². The number of nitrogens with two attached hydrogens (primary N) is 1. The van der Waals surface area contributed by atoms with Gasteiger partial charge in [-0.3, -0.25) is 0 Å². The quantitative estimate of drug-likeness (QED) is 0.790. The van der Waals surface area contributed by atoms with Crippen molar-refractivity contribution in [1.82, 2.24) is 4.98 Å². The van der Waals surface area contributed by atoms with E-state index in [1.54, 1.807) is 7.11 Å². The van der Waals surface area contributed by atoms with Crippen molar-refractivity contribution >= 4 is 11.1 Å². The second kappa shape index (κ2) is 5.35. The van der Waals surface area contributed by atoms with Crippen LogP contribution in [0.5, 0.6) is 5.75 Å².